The summed E-state index contributed by atoms with van der Waals surface area (Å²) in [5, 5.41) is 2.99. The summed E-state index contributed by atoms with van der Waals surface area (Å²) in [7, 11) is 0. The largest absolute Gasteiger partial charge is 0.397 e. The Morgan fingerprint density at radius 3 is 2.70 bits per heavy atom. The molecule has 2 saturated carbocycles. The molecule has 4 nitrogen and oxygen atoms in total. The lowest BCUT2D eigenvalue weighted by atomic mass is 10.0. The third kappa shape index (κ3) is 2.23. The minimum atomic E-state index is 0.119. The van der Waals surface area contributed by atoms with Crippen molar-refractivity contribution in [3.8, 4) is 0 Å². The van der Waals surface area contributed by atoms with Crippen LogP contribution in [0.15, 0.2) is 12.1 Å². The maximum absolute atomic E-state index is 11.6. The van der Waals surface area contributed by atoms with Crippen molar-refractivity contribution in [2.75, 3.05) is 22.5 Å². The molecule has 106 valence electrons. The van der Waals surface area contributed by atoms with Gasteiger partial charge in [-0.25, -0.2) is 0 Å². The summed E-state index contributed by atoms with van der Waals surface area (Å²) >= 11 is 0. The van der Waals surface area contributed by atoms with Gasteiger partial charge in [-0.2, -0.15) is 0 Å². The number of anilines is 3. The third-order valence-electron chi connectivity index (χ3n) is 4.60. The molecule has 3 aliphatic rings. The molecule has 1 heterocycles. The Balaban J connectivity index is 1.68. The number of amides is 1. The lowest BCUT2D eigenvalue weighted by Crippen LogP contribution is -2.29. The van der Waals surface area contributed by atoms with Crippen molar-refractivity contribution >= 4 is 23.0 Å². The lowest BCUT2D eigenvalue weighted by molar-refractivity contribution is -0.116. The Bertz CT molecular complexity index is 561. The first-order chi connectivity index (χ1) is 9.70. The molecule has 2 fully saturated rings. The molecule has 0 bridgehead atoms. The fraction of sp³-hybridized carbons (Fsp3) is 0.562. The number of nitrogens with two attached hydrogens (primary N) is 1. The molecule has 0 atom stereocenters. The van der Waals surface area contributed by atoms with Gasteiger partial charge in [-0.05, 0) is 55.7 Å². The van der Waals surface area contributed by atoms with Crippen LogP contribution in [0.2, 0.25) is 0 Å². The van der Waals surface area contributed by atoms with E-state index in [4.69, 9.17) is 5.73 Å². The molecule has 4 rings (SSSR count). The fourth-order valence-electron chi connectivity index (χ4n) is 3.09. The van der Waals surface area contributed by atoms with Crippen molar-refractivity contribution in [2.24, 2.45) is 5.92 Å². The highest BCUT2D eigenvalue weighted by molar-refractivity contribution is 5.95. The van der Waals surface area contributed by atoms with E-state index in [0.29, 0.717) is 12.5 Å². The van der Waals surface area contributed by atoms with E-state index >= 15 is 0 Å². The highest BCUT2D eigenvalue weighted by Gasteiger charge is 2.35. The van der Waals surface area contributed by atoms with Crippen LogP contribution in [0.5, 0.6) is 0 Å². The van der Waals surface area contributed by atoms with Crippen molar-refractivity contribution in [2.45, 2.75) is 44.6 Å². The van der Waals surface area contributed by atoms with Gasteiger partial charge in [0, 0.05) is 24.7 Å². The molecule has 20 heavy (non-hydrogen) atoms. The zero-order valence-electron chi connectivity index (χ0n) is 11.7. The van der Waals surface area contributed by atoms with Crippen molar-refractivity contribution in [3.05, 3.63) is 17.7 Å². The molecular weight excluding hydrogens is 250 g/mol. The predicted octanol–water partition coefficient (Wildman–Crippen LogP) is 2.53. The van der Waals surface area contributed by atoms with Crippen LogP contribution >= 0.6 is 0 Å². The van der Waals surface area contributed by atoms with Gasteiger partial charge in [-0.3, -0.25) is 4.79 Å². The van der Waals surface area contributed by atoms with Crippen LogP contribution in [0.25, 0.3) is 0 Å². The smallest absolute Gasteiger partial charge is 0.224 e. The molecule has 2 aliphatic carbocycles. The van der Waals surface area contributed by atoms with Crippen LogP contribution in [0.4, 0.5) is 17.1 Å². The molecule has 1 aromatic rings. The molecular formula is C16H21N3O. The lowest BCUT2D eigenvalue weighted by Gasteiger charge is -2.28. The quantitative estimate of drug-likeness (QED) is 0.827. The summed E-state index contributed by atoms with van der Waals surface area (Å²) in [5.41, 5.74) is 10.4. The van der Waals surface area contributed by atoms with Gasteiger partial charge < -0.3 is 16.0 Å². The minimum absolute atomic E-state index is 0.119. The average molecular weight is 271 g/mol. The van der Waals surface area contributed by atoms with Crippen molar-refractivity contribution in [3.63, 3.8) is 0 Å². The number of nitrogen functional groups attached to an aromatic ring is 1. The molecule has 0 radical (unpaired) electrons. The Kier molecular flexibility index (Phi) is 2.65. The molecule has 4 heteroatoms. The van der Waals surface area contributed by atoms with E-state index in [2.05, 4.69) is 22.3 Å². The number of aryl methyl sites for hydroxylation is 1. The van der Waals surface area contributed by atoms with Crippen LogP contribution in [0.3, 0.4) is 0 Å². The van der Waals surface area contributed by atoms with Crippen molar-refractivity contribution in [1.29, 1.82) is 0 Å². The van der Waals surface area contributed by atoms with Gasteiger partial charge in [0.15, 0.2) is 0 Å². The fourth-order valence-corrected chi connectivity index (χ4v) is 3.09. The summed E-state index contributed by atoms with van der Waals surface area (Å²) < 4.78 is 0. The highest BCUT2D eigenvalue weighted by Crippen LogP contribution is 2.41. The number of benzene rings is 1. The van der Waals surface area contributed by atoms with Crippen LogP contribution < -0.4 is 16.0 Å². The number of rotatable bonds is 4. The van der Waals surface area contributed by atoms with Gasteiger partial charge in [-0.15, -0.1) is 0 Å². The minimum Gasteiger partial charge on any atom is -0.397 e. The molecule has 0 unspecified atom stereocenters. The Hall–Kier alpha value is -1.71. The number of carbonyl (C=O) groups is 1. The first kappa shape index (κ1) is 12.1. The van der Waals surface area contributed by atoms with Crippen molar-refractivity contribution in [1.82, 2.24) is 0 Å². The topological polar surface area (TPSA) is 58.4 Å². The summed E-state index contributed by atoms with van der Waals surface area (Å²) in [6.07, 6.45) is 6.62. The van der Waals surface area contributed by atoms with E-state index in [1.807, 2.05) is 0 Å². The SMILES string of the molecule is Nc1cc2c(cc1N(CC1CC1)C1CC1)NC(=O)CC2. The van der Waals surface area contributed by atoms with Crippen LogP contribution in [0.1, 0.15) is 37.7 Å². The molecule has 1 amide bonds. The van der Waals surface area contributed by atoms with Crippen LogP contribution in [0, 0.1) is 5.92 Å². The number of carbonyl (C=O) groups excluding carboxylic acids is 1. The summed E-state index contributed by atoms with van der Waals surface area (Å²) in [4.78, 5) is 14.1. The number of hydrogen-bond acceptors (Lipinski definition) is 3. The number of nitrogens with one attached hydrogen (secondary N) is 1. The van der Waals surface area contributed by atoms with Gasteiger partial charge in [0.25, 0.3) is 0 Å². The van der Waals surface area contributed by atoms with Crippen LogP contribution in [-0.2, 0) is 11.2 Å². The molecule has 0 spiro atoms. The van der Waals surface area contributed by atoms with E-state index in [-0.39, 0.29) is 5.91 Å². The van der Waals surface area contributed by atoms with E-state index in [1.165, 1.54) is 31.2 Å². The van der Waals surface area contributed by atoms with Crippen LogP contribution in [-0.4, -0.2) is 18.5 Å². The van der Waals surface area contributed by atoms with E-state index in [1.54, 1.807) is 0 Å². The summed E-state index contributed by atoms with van der Waals surface area (Å²) in [6, 6.07) is 4.82. The van der Waals surface area contributed by atoms with Gasteiger partial charge in [0.1, 0.15) is 0 Å². The van der Waals surface area contributed by atoms with Crippen molar-refractivity contribution < 1.29 is 4.79 Å². The second-order valence-electron chi connectivity index (χ2n) is 6.44. The zero-order chi connectivity index (χ0) is 13.7. The van der Waals surface area contributed by atoms with Gasteiger partial charge in [0.2, 0.25) is 5.91 Å². The average Bonchev–Trinajstić information content (AvgIpc) is 3.28. The zero-order valence-corrected chi connectivity index (χ0v) is 11.7. The standard InChI is InChI=1S/C16H21N3O/c17-13-7-11-3-6-16(20)18-14(11)8-15(13)19(12-4-5-12)9-10-1-2-10/h7-8,10,12H,1-6,9,17H2,(H,18,20). The Morgan fingerprint density at radius 2 is 2.00 bits per heavy atom. The maximum atomic E-state index is 11.6. The van der Waals surface area contributed by atoms with Gasteiger partial charge in [-0.1, -0.05) is 0 Å². The van der Waals surface area contributed by atoms with Gasteiger partial charge in [0.05, 0.1) is 11.4 Å². The normalized spacial score (nSPS) is 21.3. The molecule has 0 aromatic heterocycles. The predicted molar refractivity (Wildman–Crippen MR) is 80.9 cm³/mol. The van der Waals surface area contributed by atoms with E-state index < -0.39 is 0 Å². The number of hydrogen-bond donors (Lipinski definition) is 2. The Labute approximate surface area is 119 Å². The highest BCUT2D eigenvalue weighted by atomic mass is 16.1. The second kappa shape index (κ2) is 4.40. The first-order valence-corrected chi connectivity index (χ1v) is 7.69. The Morgan fingerprint density at radius 1 is 1.20 bits per heavy atom. The molecule has 3 N–H and O–H groups in total. The van der Waals surface area contributed by atoms with E-state index in [9.17, 15) is 4.79 Å². The first-order valence-electron chi connectivity index (χ1n) is 7.69. The maximum Gasteiger partial charge on any atom is 0.224 e. The van der Waals surface area contributed by atoms with Gasteiger partial charge >= 0.3 is 0 Å². The summed E-state index contributed by atoms with van der Waals surface area (Å²) in [5.74, 6) is 0.967. The second-order valence-corrected chi connectivity index (χ2v) is 6.44. The summed E-state index contributed by atoms with van der Waals surface area (Å²) in [6.45, 7) is 1.13. The molecule has 0 saturated heterocycles. The monoisotopic (exact) mass is 271 g/mol. The van der Waals surface area contributed by atoms with E-state index in [0.717, 1.165) is 35.9 Å². The third-order valence-corrected chi connectivity index (χ3v) is 4.60. The number of fused-ring (bicyclic) bond motifs is 1. The molecule has 1 aliphatic heterocycles. The number of nitrogens with zero attached hydrogens (tertiary/aromatic N) is 1. The molecule has 1 aromatic carbocycles.